The minimum Gasteiger partial charge on any atom is -0.360 e. The molecule has 3 rings (SSSR count). The number of nitrogens with one attached hydrogen (secondary N) is 1. The third-order valence-electron chi connectivity index (χ3n) is 3.82. The summed E-state index contributed by atoms with van der Waals surface area (Å²) in [5.41, 5.74) is 2.87. The molecular weight excluding hydrogens is 318 g/mol. The monoisotopic (exact) mass is 337 g/mol. The number of nitrogens with zero attached hydrogens (tertiary/aromatic N) is 4. The van der Waals surface area contributed by atoms with Crippen LogP contribution in [0, 0.1) is 10.1 Å². The van der Waals surface area contributed by atoms with E-state index in [-0.39, 0.29) is 17.4 Å². The highest BCUT2D eigenvalue weighted by molar-refractivity contribution is 5.55. The smallest absolute Gasteiger partial charge is 0.311 e. The van der Waals surface area contributed by atoms with Gasteiger partial charge in [-0.15, -0.1) is 0 Å². The second-order valence-corrected chi connectivity index (χ2v) is 5.96. The first-order valence-electron chi connectivity index (χ1n) is 8.03. The van der Waals surface area contributed by atoms with Crippen molar-refractivity contribution in [2.24, 2.45) is 0 Å². The summed E-state index contributed by atoms with van der Waals surface area (Å²) in [6, 6.07) is 12.8. The average Bonchev–Trinajstić information content (AvgIpc) is 3.05. The molecule has 0 atom stereocenters. The largest absolute Gasteiger partial charge is 0.360 e. The van der Waals surface area contributed by atoms with Crippen molar-refractivity contribution in [2.75, 3.05) is 5.32 Å². The number of hydrogen-bond donors (Lipinski definition) is 1. The van der Waals surface area contributed by atoms with E-state index in [1.807, 2.05) is 41.2 Å². The highest BCUT2D eigenvalue weighted by Gasteiger charge is 2.17. The molecule has 0 unspecified atom stereocenters. The van der Waals surface area contributed by atoms with Gasteiger partial charge in [-0.1, -0.05) is 32.0 Å². The Bertz CT molecular complexity index is 874. The molecule has 0 saturated heterocycles. The van der Waals surface area contributed by atoms with Gasteiger partial charge in [0.2, 0.25) is 5.82 Å². The van der Waals surface area contributed by atoms with Crippen LogP contribution < -0.4 is 5.32 Å². The summed E-state index contributed by atoms with van der Waals surface area (Å²) in [6.45, 7) is 4.56. The van der Waals surface area contributed by atoms with Gasteiger partial charge in [-0.05, 0) is 24.1 Å². The third-order valence-corrected chi connectivity index (χ3v) is 3.82. The summed E-state index contributed by atoms with van der Waals surface area (Å²) in [6.07, 6.45) is 3.48. The summed E-state index contributed by atoms with van der Waals surface area (Å²) in [5.74, 6) is 0.496. The molecule has 2 heterocycles. The van der Waals surface area contributed by atoms with Gasteiger partial charge < -0.3 is 5.32 Å². The Morgan fingerprint density at radius 2 is 1.96 bits per heavy atom. The molecule has 0 fully saturated rings. The van der Waals surface area contributed by atoms with Crippen LogP contribution in [0.5, 0.6) is 0 Å². The molecule has 0 aliphatic carbocycles. The topological polar surface area (TPSA) is 85.9 Å². The lowest BCUT2D eigenvalue weighted by Gasteiger charge is -2.07. The first-order chi connectivity index (χ1) is 12.1. The highest BCUT2D eigenvalue weighted by Crippen LogP contribution is 2.24. The van der Waals surface area contributed by atoms with Gasteiger partial charge in [0, 0.05) is 30.6 Å². The molecule has 25 heavy (non-hydrogen) atoms. The molecule has 0 radical (unpaired) electrons. The molecule has 0 bridgehead atoms. The normalized spacial score (nSPS) is 10.8. The first kappa shape index (κ1) is 16.6. The summed E-state index contributed by atoms with van der Waals surface area (Å²) in [5, 5.41) is 18.8. The Balaban J connectivity index is 1.88. The summed E-state index contributed by atoms with van der Waals surface area (Å²) in [7, 11) is 0. The van der Waals surface area contributed by atoms with Crippen LogP contribution in [0.15, 0.2) is 54.9 Å². The molecular formula is C18H19N5O2. The second kappa shape index (κ2) is 7.12. The number of anilines is 1. The summed E-state index contributed by atoms with van der Waals surface area (Å²) >= 11 is 0. The molecule has 0 spiro atoms. The van der Waals surface area contributed by atoms with Crippen molar-refractivity contribution in [3.05, 3.63) is 76.2 Å². The molecule has 7 nitrogen and oxygen atoms in total. The SMILES string of the molecule is CC(C)c1nn(-c2ccccc2)cc1CNc1ncccc1[N+](=O)[O-]. The van der Waals surface area contributed by atoms with Gasteiger partial charge in [-0.3, -0.25) is 10.1 Å². The minimum atomic E-state index is -0.438. The number of rotatable bonds is 6. The van der Waals surface area contributed by atoms with Gasteiger partial charge in [-0.25, -0.2) is 9.67 Å². The molecule has 1 aromatic carbocycles. The van der Waals surface area contributed by atoms with Gasteiger partial charge in [0.05, 0.1) is 16.3 Å². The molecule has 0 aliphatic heterocycles. The predicted octanol–water partition coefficient (Wildman–Crippen LogP) is 3.91. The summed E-state index contributed by atoms with van der Waals surface area (Å²) in [4.78, 5) is 14.7. The Morgan fingerprint density at radius 3 is 2.64 bits per heavy atom. The van der Waals surface area contributed by atoms with Crippen LogP contribution >= 0.6 is 0 Å². The fourth-order valence-corrected chi connectivity index (χ4v) is 2.62. The van der Waals surface area contributed by atoms with E-state index in [1.54, 1.807) is 6.07 Å². The van der Waals surface area contributed by atoms with Gasteiger partial charge in [0.25, 0.3) is 0 Å². The molecule has 3 aromatic rings. The molecule has 128 valence electrons. The van der Waals surface area contributed by atoms with Crippen LogP contribution in [-0.4, -0.2) is 19.7 Å². The molecule has 0 saturated carbocycles. The van der Waals surface area contributed by atoms with Crippen LogP contribution in [0.25, 0.3) is 5.69 Å². The van der Waals surface area contributed by atoms with Crippen LogP contribution in [-0.2, 0) is 6.54 Å². The van der Waals surface area contributed by atoms with Crippen molar-refractivity contribution in [3.8, 4) is 5.69 Å². The van der Waals surface area contributed by atoms with E-state index in [4.69, 9.17) is 0 Å². The number of nitro groups is 1. The zero-order valence-electron chi connectivity index (χ0n) is 14.1. The Labute approximate surface area is 145 Å². The first-order valence-corrected chi connectivity index (χ1v) is 8.03. The van der Waals surface area contributed by atoms with E-state index in [1.165, 1.54) is 12.3 Å². The lowest BCUT2D eigenvalue weighted by molar-refractivity contribution is -0.384. The number of aromatic nitrogens is 3. The standard InChI is InChI=1S/C18H19N5O2/c1-13(2)17-14(12-22(21-17)15-7-4-3-5-8-15)11-20-18-16(23(24)25)9-6-10-19-18/h3-10,12-13H,11H2,1-2H3,(H,19,20). The average molecular weight is 337 g/mol. The van der Waals surface area contributed by atoms with Gasteiger partial charge in [0.15, 0.2) is 0 Å². The summed E-state index contributed by atoms with van der Waals surface area (Å²) < 4.78 is 1.83. The van der Waals surface area contributed by atoms with Crippen LogP contribution in [0.1, 0.15) is 31.0 Å². The van der Waals surface area contributed by atoms with Crippen molar-refractivity contribution in [1.82, 2.24) is 14.8 Å². The van der Waals surface area contributed by atoms with Crippen molar-refractivity contribution < 1.29 is 4.92 Å². The zero-order valence-corrected chi connectivity index (χ0v) is 14.1. The number of para-hydroxylation sites is 1. The van der Waals surface area contributed by atoms with Gasteiger partial charge in [0.1, 0.15) is 0 Å². The van der Waals surface area contributed by atoms with Gasteiger partial charge in [-0.2, -0.15) is 5.10 Å². The number of hydrogen-bond acceptors (Lipinski definition) is 5. The van der Waals surface area contributed by atoms with E-state index >= 15 is 0 Å². The Morgan fingerprint density at radius 1 is 1.20 bits per heavy atom. The predicted molar refractivity (Wildman–Crippen MR) is 95.9 cm³/mol. The maximum absolute atomic E-state index is 11.1. The van der Waals surface area contributed by atoms with E-state index in [0.717, 1.165) is 16.9 Å². The third kappa shape index (κ3) is 3.65. The van der Waals surface area contributed by atoms with Crippen molar-refractivity contribution >= 4 is 11.5 Å². The van der Waals surface area contributed by atoms with E-state index in [0.29, 0.717) is 6.54 Å². The Hall–Kier alpha value is -3.22. The highest BCUT2D eigenvalue weighted by atomic mass is 16.6. The number of benzene rings is 1. The minimum absolute atomic E-state index is 0.0379. The van der Waals surface area contributed by atoms with Crippen molar-refractivity contribution in [1.29, 1.82) is 0 Å². The van der Waals surface area contributed by atoms with E-state index in [9.17, 15) is 10.1 Å². The van der Waals surface area contributed by atoms with Crippen LogP contribution in [0.2, 0.25) is 0 Å². The lowest BCUT2D eigenvalue weighted by Crippen LogP contribution is -2.06. The lowest BCUT2D eigenvalue weighted by atomic mass is 10.1. The second-order valence-electron chi connectivity index (χ2n) is 5.96. The Kier molecular flexibility index (Phi) is 4.74. The van der Waals surface area contributed by atoms with Crippen molar-refractivity contribution in [2.45, 2.75) is 26.3 Å². The van der Waals surface area contributed by atoms with Crippen LogP contribution in [0.3, 0.4) is 0 Å². The van der Waals surface area contributed by atoms with E-state index in [2.05, 4.69) is 29.2 Å². The quantitative estimate of drug-likeness (QED) is 0.544. The molecule has 0 aliphatic rings. The molecule has 2 aromatic heterocycles. The van der Waals surface area contributed by atoms with Crippen LogP contribution in [0.4, 0.5) is 11.5 Å². The maximum Gasteiger partial charge on any atom is 0.311 e. The zero-order chi connectivity index (χ0) is 17.8. The fourth-order valence-electron chi connectivity index (χ4n) is 2.62. The maximum atomic E-state index is 11.1. The molecule has 0 amide bonds. The van der Waals surface area contributed by atoms with Crippen molar-refractivity contribution in [3.63, 3.8) is 0 Å². The van der Waals surface area contributed by atoms with E-state index < -0.39 is 4.92 Å². The van der Waals surface area contributed by atoms with Gasteiger partial charge >= 0.3 is 5.69 Å². The molecule has 1 N–H and O–H groups in total. The number of pyridine rings is 1. The molecule has 7 heteroatoms. The fraction of sp³-hybridized carbons (Fsp3) is 0.222.